The van der Waals surface area contributed by atoms with E-state index in [0.717, 1.165) is 11.1 Å². The number of ether oxygens (including phenoxy) is 2. The summed E-state index contributed by atoms with van der Waals surface area (Å²) in [5.74, 6) is -1.58. The Labute approximate surface area is 125 Å². The minimum Gasteiger partial charge on any atom is -0.508 e. The molecule has 2 aromatic carbocycles. The minimum absolute atomic E-state index is 0.138. The van der Waals surface area contributed by atoms with E-state index in [1.807, 2.05) is 0 Å². The first-order valence-electron chi connectivity index (χ1n) is 6.85. The van der Waals surface area contributed by atoms with Gasteiger partial charge in [-0.3, -0.25) is 0 Å². The molecule has 0 aliphatic carbocycles. The maximum atomic E-state index is 10.2. The van der Waals surface area contributed by atoms with Crippen molar-refractivity contribution in [2.45, 2.75) is 25.1 Å². The number of fused-ring (bicyclic) bond motifs is 3. The van der Waals surface area contributed by atoms with Crippen LogP contribution in [0, 0.1) is 0 Å². The Kier molecular flexibility index (Phi) is 2.65. The lowest BCUT2D eigenvalue weighted by Crippen LogP contribution is -2.37. The normalized spacial score (nSPS) is 26.0. The molecular formula is C16H14O6. The number of phenolic OH excluding ortho intramolecular Hbond substituents is 3. The van der Waals surface area contributed by atoms with Gasteiger partial charge in [0.25, 0.3) is 0 Å². The average Bonchev–Trinajstić information content (AvgIpc) is 2.79. The highest BCUT2D eigenvalue weighted by Gasteiger charge is 2.47. The standard InChI is InChI=1S/C16H14O6/c17-10-1-2-12-9(3-10)7-21-16(12)6-8-4-13(18)14(19)5-11(8)15(20)22-16/h1-5,15,17-20H,6-7H2. The van der Waals surface area contributed by atoms with Crippen molar-refractivity contribution in [3.05, 3.63) is 52.6 Å². The molecule has 0 radical (unpaired) electrons. The highest BCUT2D eigenvalue weighted by atomic mass is 16.7. The average molecular weight is 302 g/mol. The number of rotatable bonds is 0. The highest BCUT2D eigenvalue weighted by Crippen LogP contribution is 2.49. The second-order valence-corrected chi connectivity index (χ2v) is 5.57. The van der Waals surface area contributed by atoms with Crippen molar-refractivity contribution in [1.82, 2.24) is 0 Å². The van der Waals surface area contributed by atoms with Crippen LogP contribution in [0.3, 0.4) is 0 Å². The van der Waals surface area contributed by atoms with Crippen LogP contribution < -0.4 is 0 Å². The van der Waals surface area contributed by atoms with Gasteiger partial charge in [-0.15, -0.1) is 0 Å². The smallest absolute Gasteiger partial charge is 0.202 e. The third kappa shape index (κ3) is 1.78. The van der Waals surface area contributed by atoms with Crippen molar-refractivity contribution >= 4 is 0 Å². The van der Waals surface area contributed by atoms with Crippen molar-refractivity contribution in [2.75, 3.05) is 0 Å². The maximum absolute atomic E-state index is 10.2. The molecular weight excluding hydrogens is 288 g/mol. The van der Waals surface area contributed by atoms with Crippen LogP contribution in [-0.2, 0) is 28.3 Å². The van der Waals surface area contributed by atoms with E-state index >= 15 is 0 Å². The number of hydrogen-bond donors (Lipinski definition) is 4. The molecule has 6 heteroatoms. The predicted molar refractivity (Wildman–Crippen MR) is 74.1 cm³/mol. The largest absolute Gasteiger partial charge is 0.508 e. The molecule has 2 aromatic rings. The third-order valence-electron chi connectivity index (χ3n) is 4.19. The molecule has 4 N–H and O–H groups in total. The molecule has 114 valence electrons. The fourth-order valence-corrected chi connectivity index (χ4v) is 3.14. The van der Waals surface area contributed by atoms with Crippen LogP contribution in [0.1, 0.15) is 28.5 Å². The number of aliphatic hydroxyl groups is 1. The Morgan fingerprint density at radius 2 is 1.77 bits per heavy atom. The zero-order valence-electron chi connectivity index (χ0n) is 11.5. The van der Waals surface area contributed by atoms with Crippen LogP contribution in [0.4, 0.5) is 0 Å². The van der Waals surface area contributed by atoms with Crippen LogP contribution in [0.25, 0.3) is 0 Å². The molecule has 0 amide bonds. The van der Waals surface area contributed by atoms with Crippen LogP contribution in [0.15, 0.2) is 30.3 Å². The summed E-state index contributed by atoms with van der Waals surface area (Å²) >= 11 is 0. The van der Waals surface area contributed by atoms with E-state index in [2.05, 4.69) is 0 Å². The first kappa shape index (κ1) is 13.4. The van der Waals surface area contributed by atoms with Gasteiger partial charge in [-0.05, 0) is 41.5 Å². The molecule has 2 atom stereocenters. The summed E-state index contributed by atoms with van der Waals surface area (Å²) in [6.07, 6.45) is -1.000. The van der Waals surface area contributed by atoms with Crippen molar-refractivity contribution in [2.24, 2.45) is 0 Å². The van der Waals surface area contributed by atoms with Crippen LogP contribution in [-0.4, -0.2) is 20.4 Å². The van der Waals surface area contributed by atoms with Gasteiger partial charge >= 0.3 is 0 Å². The molecule has 0 fully saturated rings. The van der Waals surface area contributed by atoms with Crippen LogP contribution in [0.5, 0.6) is 17.2 Å². The van der Waals surface area contributed by atoms with Gasteiger partial charge in [-0.1, -0.05) is 0 Å². The zero-order valence-corrected chi connectivity index (χ0v) is 11.5. The lowest BCUT2D eigenvalue weighted by molar-refractivity contribution is -0.314. The fourth-order valence-electron chi connectivity index (χ4n) is 3.14. The van der Waals surface area contributed by atoms with Crippen molar-refractivity contribution in [3.63, 3.8) is 0 Å². The van der Waals surface area contributed by atoms with E-state index in [0.29, 0.717) is 11.1 Å². The second-order valence-electron chi connectivity index (χ2n) is 5.57. The molecule has 2 aliphatic heterocycles. The number of aromatic hydroxyl groups is 3. The summed E-state index contributed by atoms with van der Waals surface area (Å²) in [7, 11) is 0. The summed E-state index contributed by atoms with van der Waals surface area (Å²) in [6.45, 7) is 0.260. The lowest BCUT2D eigenvalue weighted by atomic mass is 9.90. The number of aliphatic hydroxyl groups excluding tert-OH is 1. The summed E-state index contributed by atoms with van der Waals surface area (Å²) in [6, 6.07) is 7.53. The molecule has 1 spiro atoms. The molecule has 0 saturated carbocycles. The summed E-state index contributed by atoms with van der Waals surface area (Å²) in [5, 5.41) is 39.0. The Bertz CT molecular complexity index is 771. The molecule has 0 bridgehead atoms. The molecule has 0 saturated heterocycles. The Morgan fingerprint density at radius 3 is 2.59 bits per heavy atom. The molecule has 2 aliphatic rings. The van der Waals surface area contributed by atoms with Crippen molar-refractivity contribution < 1.29 is 29.9 Å². The monoisotopic (exact) mass is 302 g/mol. The minimum atomic E-state index is -1.28. The van der Waals surface area contributed by atoms with E-state index in [1.165, 1.54) is 18.2 Å². The lowest BCUT2D eigenvalue weighted by Gasteiger charge is -2.37. The van der Waals surface area contributed by atoms with Crippen molar-refractivity contribution in [3.8, 4) is 17.2 Å². The van der Waals surface area contributed by atoms with E-state index < -0.39 is 12.1 Å². The van der Waals surface area contributed by atoms with E-state index in [9.17, 15) is 20.4 Å². The van der Waals surface area contributed by atoms with Gasteiger partial charge in [-0.2, -0.15) is 0 Å². The van der Waals surface area contributed by atoms with Gasteiger partial charge < -0.3 is 29.9 Å². The van der Waals surface area contributed by atoms with Crippen LogP contribution in [0.2, 0.25) is 0 Å². The topological polar surface area (TPSA) is 99.4 Å². The summed E-state index contributed by atoms with van der Waals surface area (Å²) < 4.78 is 11.4. The van der Waals surface area contributed by atoms with E-state index in [-0.39, 0.29) is 30.3 Å². The van der Waals surface area contributed by atoms with Gasteiger partial charge in [-0.25, -0.2) is 0 Å². The molecule has 4 rings (SSSR count). The summed E-state index contributed by atoms with van der Waals surface area (Å²) in [5.41, 5.74) is 2.56. The Hall–Kier alpha value is -2.28. The SMILES string of the molecule is Oc1ccc2c(c1)COC21Cc2cc(O)c(O)cc2C(O)O1. The van der Waals surface area contributed by atoms with Gasteiger partial charge in [0.15, 0.2) is 17.8 Å². The maximum Gasteiger partial charge on any atom is 0.202 e. The number of hydrogen-bond acceptors (Lipinski definition) is 6. The second kappa shape index (κ2) is 4.36. The van der Waals surface area contributed by atoms with Gasteiger partial charge in [0.2, 0.25) is 5.79 Å². The molecule has 22 heavy (non-hydrogen) atoms. The zero-order chi connectivity index (χ0) is 15.5. The predicted octanol–water partition coefficient (Wildman–Crippen LogP) is 1.75. The summed E-state index contributed by atoms with van der Waals surface area (Å²) in [4.78, 5) is 0. The van der Waals surface area contributed by atoms with Gasteiger partial charge in [0, 0.05) is 17.5 Å². The first-order chi connectivity index (χ1) is 10.5. The number of benzene rings is 2. The quantitative estimate of drug-likeness (QED) is 0.553. The number of phenols is 3. The molecule has 2 heterocycles. The highest BCUT2D eigenvalue weighted by molar-refractivity contribution is 5.49. The van der Waals surface area contributed by atoms with E-state index in [4.69, 9.17) is 9.47 Å². The van der Waals surface area contributed by atoms with Gasteiger partial charge in [0.05, 0.1) is 6.61 Å². The Balaban J connectivity index is 1.83. The van der Waals surface area contributed by atoms with Gasteiger partial charge in [0.1, 0.15) is 5.75 Å². The van der Waals surface area contributed by atoms with Crippen molar-refractivity contribution in [1.29, 1.82) is 0 Å². The van der Waals surface area contributed by atoms with E-state index in [1.54, 1.807) is 12.1 Å². The van der Waals surface area contributed by atoms with Crippen LogP contribution >= 0.6 is 0 Å². The first-order valence-corrected chi connectivity index (χ1v) is 6.85. The third-order valence-corrected chi connectivity index (χ3v) is 4.19. The molecule has 2 unspecified atom stereocenters. The molecule has 0 aromatic heterocycles. The molecule has 6 nitrogen and oxygen atoms in total. The Morgan fingerprint density at radius 1 is 1.00 bits per heavy atom. The fraction of sp³-hybridized carbons (Fsp3) is 0.250.